The zero-order valence-electron chi connectivity index (χ0n) is 15.9. The Kier molecular flexibility index (Phi) is 5.90. The Balaban J connectivity index is 1.91. The Bertz CT molecular complexity index is 1030. The van der Waals surface area contributed by atoms with Crippen LogP contribution in [0, 0.1) is 0 Å². The number of quaternary nitrogens is 1. The van der Waals surface area contributed by atoms with Gasteiger partial charge in [-0.25, -0.2) is 4.79 Å². The lowest BCUT2D eigenvalue weighted by atomic mass is 9.91. The number of fused-ring (bicyclic) bond motifs is 1. The molecule has 0 amide bonds. The smallest absolute Gasteiger partial charge is 0.361 e. The van der Waals surface area contributed by atoms with Crippen LogP contribution in [0.1, 0.15) is 28.9 Å². The number of carbonyl (C=O) groups excluding carboxylic acids is 1. The van der Waals surface area contributed by atoms with Gasteiger partial charge in [0.1, 0.15) is 6.04 Å². The maximum atomic E-state index is 12.4. The monoisotopic (exact) mass is 471 g/mol. The minimum atomic E-state index is -0.266. The Morgan fingerprint density at radius 3 is 2.52 bits per heavy atom. The number of anilines is 1. The molecular formula is C23H21BrClN2O2+. The number of methoxy groups -OCH3 is 1. The molecule has 0 aromatic heterocycles. The van der Waals surface area contributed by atoms with E-state index in [1.165, 1.54) is 7.11 Å². The molecule has 1 aliphatic rings. The Hall–Kier alpha value is -2.34. The normalized spacial score (nSPS) is 20.4. The summed E-state index contributed by atoms with van der Waals surface area (Å²) in [7, 11) is 1.42. The predicted molar refractivity (Wildman–Crippen MR) is 118 cm³/mol. The molecule has 29 heavy (non-hydrogen) atoms. The van der Waals surface area contributed by atoms with Crippen LogP contribution in [0.2, 0.25) is 5.02 Å². The van der Waals surface area contributed by atoms with E-state index in [1.807, 2.05) is 48.5 Å². The molecule has 4 rings (SSSR count). The number of hydrogen-bond acceptors (Lipinski definition) is 3. The van der Waals surface area contributed by atoms with E-state index < -0.39 is 0 Å². The SMILES string of the molecule is COC(=O)C[NH+]1[C@@H](c2ccccc2)c2cc(Br)ccc2N[C@@H]1c1ccccc1Cl. The predicted octanol–water partition coefficient (Wildman–Crippen LogP) is 4.37. The van der Waals surface area contributed by atoms with E-state index in [2.05, 4.69) is 45.5 Å². The Morgan fingerprint density at radius 2 is 1.79 bits per heavy atom. The summed E-state index contributed by atoms with van der Waals surface area (Å²) in [6.07, 6.45) is -0.207. The largest absolute Gasteiger partial charge is 0.465 e. The lowest BCUT2D eigenvalue weighted by molar-refractivity contribution is -0.947. The Labute approximate surface area is 183 Å². The standard InChI is InChI=1S/C23H20BrClN2O2/c1-29-21(28)14-27-22(15-7-3-2-4-8-15)18-13-16(24)11-12-20(18)26-23(27)17-9-5-6-10-19(17)25/h2-13,22-23,26H,14H2,1H3/p+1/t22-,23-/m0/s1. The first kappa shape index (κ1) is 20.0. The van der Waals surface area contributed by atoms with Gasteiger partial charge in [-0.2, -0.15) is 0 Å². The molecule has 2 N–H and O–H groups in total. The first-order valence-corrected chi connectivity index (χ1v) is 10.5. The number of benzene rings is 3. The number of hydrogen-bond donors (Lipinski definition) is 2. The van der Waals surface area contributed by atoms with Crippen LogP contribution >= 0.6 is 27.5 Å². The van der Waals surface area contributed by atoms with Gasteiger partial charge in [0.25, 0.3) is 0 Å². The van der Waals surface area contributed by atoms with Crippen LogP contribution in [0.5, 0.6) is 0 Å². The molecule has 0 bridgehead atoms. The van der Waals surface area contributed by atoms with Crippen molar-refractivity contribution in [1.29, 1.82) is 0 Å². The molecule has 3 atom stereocenters. The molecule has 1 heterocycles. The summed E-state index contributed by atoms with van der Waals surface area (Å²) in [6.45, 7) is 0.199. The summed E-state index contributed by atoms with van der Waals surface area (Å²) in [5, 5.41) is 4.28. The number of esters is 1. The summed E-state index contributed by atoms with van der Waals surface area (Å²) in [6, 6.07) is 24.1. The third kappa shape index (κ3) is 4.04. The first-order chi connectivity index (χ1) is 14.1. The highest BCUT2D eigenvalue weighted by Gasteiger charge is 2.41. The third-order valence-corrected chi connectivity index (χ3v) is 6.13. The van der Waals surface area contributed by atoms with Gasteiger partial charge in [0.15, 0.2) is 12.7 Å². The van der Waals surface area contributed by atoms with E-state index in [-0.39, 0.29) is 24.7 Å². The van der Waals surface area contributed by atoms with Crippen molar-refractivity contribution in [3.63, 3.8) is 0 Å². The van der Waals surface area contributed by atoms with E-state index >= 15 is 0 Å². The van der Waals surface area contributed by atoms with Crippen LogP contribution in [0.4, 0.5) is 5.69 Å². The van der Waals surface area contributed by atoms with Crippen LogP contribution < -0.4 is 10.2 Å². The van der Waals surface area contributed by atoms with E-state index in [1.54, 1.807) is 0 Å². The van der Waals surface area contributed by atoms with E-state index in [0.29, 0.717) is 5.02 Å². The number of halogens is 2. The summed E-state index contributed by atoms with van der Waals surface area (Å²) in [5.74, 6) is -0.266. The molecule has 1 aliphatic heterocycles. The molecule has 148 valence electrons. The molecular weight excluding hydrogens is 452 g/mol. The van der Waals surface area contributed by atoms with Crippen molar-refractivity contribution in [1.82, 2.24) is 0 Å². The van der Waals surface area contributed by atoms with Gasteiger partial charge in [0.05, 0.1) is 12.1 Å². The highest BCUT2D eigenvalue weighted by Crippen LogP contribution is 2.36. The van der Waals surface area contributed by atoms with Crippen molar-refractivity contribution in [2.24, 2.45) is 0 Å². The van der Waals surface area contributed by atoms with Gasteiger partial charge in [0, 0.05) is 26.9 Å². The van der Waals surface area contributed by atoms with Crippen molar-refractivity contribution in [2.45, 2.75) is 12.2 Å². The Morgan fingerprint density at radius 1 is 1.07 bits per heavy atom. The molecule has 0 radical (unpaired) electrons. The number of carbonyl (C=O) groups is 1. The molecule has 1 unspecified atom stereocenters. The molecule has 4 nitrogen and oxygen atoms in total. The molecule has 0 saturated heterocycles. The maximum Gasteiger partial charge on any atom is 0.361 e. The second-order valence-electron chi connectivity index (χ2n) is 7.00. The lowest BCUT2D eigenvalue weighted by Crippen LogP contribution is -3.15. The van der Waals surface area contributed by atoms with Gasteiger partial charge in [-0.15, -0.1) is 0 Å². The van der Waals surface area contributed by atoms with E-state index in [4.69, 9.17) is 16.3 Å². The topological polar surface area (TPSA) is 42.8 Å². The minimum absolute atomic E-state index is 0.0645. The molecule has 0 fully saturated rings. The van der Waals surface area contributed by atoms with Gasteiger partial charge in [-0.1, -0.05) is 70.0 Å². The fraction of sp³-hybridized carbons (Fsp3) is 0.174. The van der Waals surface area contributed by atoms with Crippen LogP contribution in [0.25, 0.3) is 0 Å². The summed E-state index contributed by atoms with van der Waals surface area (Å²) < 4.78 is 6.03. The van der Waals surface area contributed by atoms with Gasteiger partial charge < -0.3 is 10.1 Å². The van der Waals surface area contributed by atoms with Crippen LogP contribution in [0.3, 0.4) is 0 Å². The summed E-state index contributed by atoms with van der Waals surface area (Å²) in [5.41, 5.74) is 4.22. The zero-order chi connectivity index (χ0) is 20.4. The van der Waals surface area contributed by atoms with Gasteiger partial charge in [-0.05, 0) is 30.3 Å². The average Bonchev–Trinajstić information content (AvgIpc) is 2.74. The first-order valence-electron chi connectivity index (χ1n) is 9.36. The number of nitrogens with one attached hydrogen (secondary N) is 2. The summed E-state index contributed by atoms with van der Waals surface area (Å²) in [4.78, 5) is 13.4. The highest BCUT2D eigenvalue weighted by atomic mass is 79.9. The van der Waals surface area contributed by atoms with Crippen molar-refractivity contribution in [2.75, 3.05) is 19.0 Å². The molecule has 6 heteroatoms. The van der Waals surface area contributed by atoms with Crippen molar-refractivity contribution >= 4 is 39.2 Å². The minimum Gasteiger partial charge on any atom is -0.465 e. The van der Waals surface area contributed by atoms with Crippen LogP contribution in [-0.4, -0.2) is 19.6 Å². The molecule has 3 aromatic carbocycles. The second-order valence-corrected chi connectivity index (χ2v) is 8.32. The van der Waals surface area contributed by atoms with Crippen molar-refractivity contribution in [3.8, 4) is 0 Å². The third-order valence-electron chi connectivity index (χ3n) is 5.29. The highest BCUT2D eigenvalue weighted by molar-refractivity contribution is 9.10. The fourth-order valence-corrected chi connectivity index (χ4v) is 4.61. The maximum absolute atomic E-state index is 12.4. The van der Waals surface area contributed by atoms with Crippen LogP contribution in [-0.2, 0) is 9.53 Å². The summed E-state index contributed by atoms with van der Waals surface area (Å²) >= 11 is 10.2. The molecule has 0 saturated carbocycles. The second kappa shape index (κ2) is 8.57. The fourth-order valence-electron chi connectivity index (χ4n) is 3.99. The molecule has 0 aliphatic carbocycles. The van der Waals surface area contributed by atoms with Crippen molar-refractivity contribution < 1.29 is 14.4 Å². The van der Waals surface area contributed by atoms with E-state index in [9.17, 15) is 4.79 Å². The van der Waals surface area contributed by atoms with E-state index in [0.717, 1.165) is 31.8 Å². The zero-order valence-corrected chi connectivity index (χ0v) is 18.2. The van der Waals surface area contributed by atoms with Crippen molar-refractivity contribution in [3.05, 3.63) is 99.0 Å². The van der Waals surface area contributed by atoms with Gasteiger partial charge in [-0.3, -0.25) is 4.90 Å². The van der Waals surface area contributed by atoms with Crippen LogP contribution in [0.15, 0.2) is 77.3 Å². The number of rotatable bonds is 4. The number of ether oxygens (including phenoxy) is 1. The molecule has 3 aromatic rings. The quantitative estimate of drug-likeness (QED) is 0.554. The van der Waals surface area contributed by atoms with Gasteiger partial charge in [0.2, 0.25) is 0 Å². The van der Waals surface area contributed by atoms with Gasteiger partial charge >= 0.3 is 5.97 Å². The molecule has 0 spiro atoms. The average molecular weight is 473 g/mol. The lowest BCUT2D eigenvalue weighted by Gasteiger charge is -2.41.